The van der Waals surface area contributed by atoms with Gasteiger partial charge in [-0.2, -0.15) is 0 Å². The van der Waals surface area contributed by atoms with E-state index in [9.17, 15) is 4.79 Å². The number of benzene rings is 1. The fourth-order valence-electron chi connectivity index (χ4n) is 1.84. The number of carboxylic acid groups (broad SMARTS) is 1. The predicted octanol–water partition coefficient (Wildman–Crippen LogP) is 2.03. The number of hydrogen-bond acceptors (Lipinski definition) is 2. The SMILES string of the molecule is O=C(O)CC1CCOc2ccccc21. The zero-order chi connectivity index (χ0) is 9.97. The minimum absolute atomic E-state index is 0.109. The minimum atomic E-state index is -0.744. The number of para-hydroxylation sites is 1. The van der Waals surface area contributed by atoms with Gasteiger partial charge >= 0.3 is 5.97 Å². The summed E-state index contributed by atoms with van der Waals surface area (Å²) in [6.07, 6.45) is 0.990. The second-order valence-electron chi connectivity index (χ2n) is 3.47. The maximum atomic E-state index is 10.6. The van der Waals surface area contributed by atoms with Crippen molar-refractivity contribution in [2.24, 2.45) is 0 Å². The van der Waals surface area contributed by atoms with Gasteiger partial charge in [-0.15, -0.1) is 0 Å². The number of fused-ring (bicyclic) bond motifs is 1. The van der Waals surface area contributed by atoms with Crippen LogP contribution < -0.4 is 4.74 Å². The topological polar surface area (TPSA) is 46.5 Å². The molecular weight excluding hydrogens is 180 g/mol. The first kappa shape index (κ1) is 9.06. The van der Waals surface area contributed by atoms with Crippen LogP contribution in [-0.4, -0.2) is 17.7 Å². The molecule has 3 heteroatoms. The molecule has 0 aromatic heterocycles. The van der Waals surface area contributed by atoms with Crippen LogP contribution in [0.25, 0.3) is 0 Å². The van der Waals surface area contributed by atoms with E-state index in [-0.39, 0.29) is 12.3 Å². The number of hydrogen-bond donors (Lipinski definition) is 1. The molecule has 0 amide bonds. The van der Waals surface area contributed by atoms with Crippen molar-refractivity contribution in [3.8, 4) is 5.75 Å². The first-order valence-corrected chi connectivity index (χ1v) is 4.71. The van der Waals surface area contributed by atoms with E-state index >= 15 is 0 Å². The summed E-state index contributed by atoms with van der Waals surface area (Å²) in [5.74, 6) is 0.203. The van der Waals surface area contributed by atoms with Gasteiger partial charge in [0.1, 0.15) is 5.75 Å². The Hall–Kier alpha value is -1.51. The van der Waals surface area contributed by atoms with Gasteiger partial charge in [0.2, 0.25) is 0 Å². The van der Waals surface area contributed by atoms with Gasteiger partial charge < -0.3 is 9.84 Å². The molecule has 0 fully saturated rings. The molecule has 1 aliphatic heterocycles. The van der Waals surface area contributed by atoms with E-state index in [1.54, 1.807) is 0 Å². The molecule has 0 saturated carbocycles. The third-order valence-electron chi connectivity index (χ3n) is 2.50. The zero-order valence-corrected chi connectivity index (χ0v) is 7.77. The third kappa shape index (κ3) is 1.71. The Bertz CT molecular complexity index is 346. The highest BCUT2D eigenvalue weighted by atomic mass is 16.5. The average molecular weight is 192 g/mol. The van der Waals surface area contributed by atoms with E-state index in [2.05, 4.69) is 0 Å². The van der Waals surface area contributed by atoms with E-state index < -0.39 is 5.97 Å². The molecule has 3 nitrogen and oxygen atoms in total. The summed E-state index contributed by atoms with van der Waals surface area (Å²) in [5.41, 5.74) is 1.03. The van der Waals surface area contributed by atoms with Crippen molar-refractivity contribution in [1.82, 2.24) is 0 Å². The molecule has 0 spiro atoms. The van der Waals surface area contributed by atoms with Gasteiger partial charge in [0, 0.05) is 5.92 Å². The van der Waals surface area contributed by atoms with E-state index in [1.807, 2.05) is 24.3 Å². The molecule has 74 valence electrons. The minimum Gasteiger partial charge on any atom is -0.493 e. The van der Waals surface area contributed by atoms with Crippen molar-refractivity contribution in [1.29, 1.82) is 0 Å². The largest absolute Gasteiger partial charge is 0.493 e. The highest BCUT2D eigenvalue weighted by molar-refractivity contribution is 5.68. The van der Waals surface area contributed by atoms with Gasteiger partial charge in [0.25, 0.3) is 0 Å². The van der Waals surface area contributed by atoms with Gasteiger partial charge in [-0.3, -0.25) is 4.79 Å². The summed E-state index contributed by atoms with van der Waals surface area (Å²) in [5, 5.41) is 8.75. The lowest BCUT2D eigenvalue weighted by Gasteiger charge is -2.24. The predicted molar refractivity (Wildman–Crippen MR) is 51.5 cm³/mol. The highest BCUT2D eigenvalue weighted by Gasteiger charge is 2.22. The van der Waals surface area contributed by atoms with Crippen molar-refractivity contribution < 1.29 is 14.6 Å². The normalized spacial score (nSPS) is 19.6. The molecule has 1 aromatic rings. The standard InChI is InChI=1S/C11H12O3/c12-11(13)7-8-5-6-14-10-4-2-1-3-9(8)10/h1-4,8H,5-7H2,(H,12,13). The summed E-state index contributed by atoms with van der Waals surface area (Å²) < 4.78 is 5.44. The Morgan fingerprint density at radius 1 is 1.50 bits per heavy atom. The first-order valence-electron chi connectivity index (χ1n) is 4.71. The molecule has 0 radical (unpaired) electrons. The summed E-state index contributed by atoms with van der Waals surface area (Å²) >= 11 is 0. The van der Waals surface area contributed by atoms with Crippen molar-refractivity contribution in [3.05, 3.63) is 29.8 Å². The highest BCUT2D eigenvalue weighted by Crippen LogP contribution is 2.35. The molecule has 0 aliphatic carbocycles. The maximum absolute atomic E-state index is 10.6. The van der Waals surface area contributed by atoms with Crippen LogP contribution in [0, 0.1) is 0 Å². The van der Waals surface area contributed by atoms with Crippen molar-refractivity contribution in [2.45, 2.75) is 18.8 Å². The summed E-state index contributed by atoms with van der Waals surface area (Å²) in [4.78, 5) is 10.6. The quantitative estimate of drug-likeness (QED) is 0.779. The zero-order valence-electron chi connectivity index (χ0n) is 7.77. The molecule has 1 atom stereocenters. The Morgan fingerprint density at radius 2 is 2.29 bits per heavy atom. The van der Waals surface area contributed by atoms with Crippen LogP contribution in [-0.2, 0) is 4.79 Å². The van der Waals surface area contributed by atoms with Crippen molar-refractivity contribution >= 4 is 5.97 Å². The molecule has 1 unspecified atom stereocenters. The number of carbonyl (C=O) groups is 1. The molecule has 2 rings (SSSR count). The van der Waals surface area contributed by atoms with E-state index in [4.69, 9.17) is 9.84 Å². The van der Waals surface area contributed by atoms with Gasteiger partial charge in [-0.25, -0.2) is 0 Å². The Morgan fingerprint density at radius 3 is 3.07 bits per heavy atom. The molecule has 1 aliphatic rings. The Labute approximate surface area is 82.3 Å². The van der Waals surface area contributed by atoms with Gasteiger partial charge in [-0.1, -0.05) is 18.2 Å². The molecular formula is C11H12O3. The van der Waals surface area contributed by atoms with Crippen LogP contribution in [0.15, 0.2) is 24.3 Å². The van der Waals surface area contributed by atoms with Crippen LogP contribution >= 0.6 is 0 Å². The third-order valence-corrected chi connectivity index (χ3v) is 2.50. The summed E-state index contributed by atoms with van der Waals surface area (Å²) in [7, 11) is 0. The average Bonchev–Trinajstić information content (AvgIpc) is 2.18. The van der Waals surface area contributed by atoms with Crippen molar-refractivity contribution in [3.63, 3.8) is 0 Å². The number of ether oxygens (including phenoxy) is 1. The van der Waals surface area contributed by atoms with Crippen LogP contribution in [0.1, 0.15) is 24.3 Å². The fraction of sp³-hybridized carbons (Fsp3) is 0.364. The monoisotopic (exact) mass is 192 g/mol. The molecule has 1 aromatic carbocycles. The lowest BCUT2D eigenvalue weighted by atomic mass is 9.90. The van der Waals surface area contributed by atoms with Crippen molar-refractivity contribution in [2.75, 3.05) is 6.61 Å². The smallest absolute Gasteiger partial charge is 0.303 e. The Kier molecular flexibility index (Phi) is 2.39. The first-order chi connectivity index (χ1) is 6.77. The van der Waals surface area contributed by atoms with E-state index in [0.29, 0.717) is 6.61 Å². The molecule has 1 N–H and O–H groups in total. The Balaban J connectivity index is 2.26. The van der Waals surface area contributed by atoms with Gasteiger partial charge in [0.15, 0.2) is 0 Å². The maximum Gasteiger partial charge on any atom is 0.303 e. The summed E-state index contributed by atoms with van der Waals surface area (Å²) in [6, 6.07) is 7.66. The molecule has 0 bridgehead atoms. The second kappa shape index (κ2) is 3.70. The second-order valence-corrected chi connectivity index (χ2v) is 3.47. The lowest BCUT2D eigenvalue weighted by molar-refractivity contribution is -0.137. The number of aliphatic carboxylic acids is 1. The number of rotatable bonds is 2. The van der Waals surface area contributed by atoms with Crippen LogP contribution in [0.3, 0.4) is 0 Å². The van der Waals surface area contributed by atoms with Crippen LogP contribution in [0.5, 0.6) is 5.75 Å². The van der Waals surface area contributed by atoms with E-state index in [0.717, 1.165) is 17.7 Å². The summed E-state index contributed by atoms with van der Waals surface area (Å²) in [6.45, 7) is 0.620. The van der Waals surface area contributed by atoms with E-state index in [1.165, 1.54) is 0 Å². The molecule has 0 saturated heterocycles. The number of carboxylic acids is 1. The molecule has 14 heavy (non-hydrogen) atoms. The lowest BCUT2D eigenvalue weighted by Crippen LogP contribution is -2.16. The van der Waals surface area contributed by atoms with Crippen LogP contribution in [0.4, 0.5) is 0 Å². The fourth-order valence-corrected chi connectivity index (χ4v) is 1.84. The van der Waals surface area contributed by atoms with Gasteiger partial charge in [-0.05, 0) is 18.1 Å². The van der Waals surface area contributed by atoms with Gasteiger partial charge in [0.05, 0.1) is 13.0 Å². The molecule has 1 heterocycles. The van der Waals surface area contributed by atoms with Crippen LogP contribution in [0.2, 0.25) is 0 Å².